The van der Waals surface area contributed by atoms with E-state index in [1.54, 1.807) is 24.3 Å². The molecule has 0 aliphatic heterocycles. The molecule has 0 unspecified atom stereocenters. The van der Waals surface area contributed by atoms with E-state index in [2.05, 4.69) is 5.32 Å². The summed E-state index contributed by atoms with van der Waals surface area (Å²) in [4.78, 5) is 11.2. The molecular formula is C11H13F3N2O. The number of rotatable bonds is 4. The highest BCUT2D eigenvalue weighted by atomic mass is 19.4. The van der Waals surface area contributed by atoms with Gasteiger partial charge in [0.05, 0.1) is 6.42 Å². The molecular weight excluding hydrogens is 233 g/mol. The molecule has 0 fully saturated rings. The van der Waals surface area contributed by atoms with Crippen LogP contribution in [0, 0.1) is 0 Å². The second-order valence-electron chi connectivity index (χ2n) is 3.56. The van der Waals surface area contributed by atoms with Gasteiger partial charge in [0.25, 0.3) is 0 Å². The van der Waals surface area contributed by atoms with E-state index >= 15 is 0 Å². The molecule has 1 rings (SSSR count). The van der Waals surface area contributed by atoms with Gasteiger partial charge >= 0.3 is 6.18 Å². The third-order valence-corrected chi connectivity index (χ3v) is 2.11. The van der Waals surface area contributed by atoms with Gasteiger partial charge in [-0.25, -0.2) is 0 Å². The molecule has 1 aromatic rings. The van der Waals surface area contributed by atoms with Crippen molar-refractivity contribution >= 4 is 11.6 Å². The molecule has 17 heavy (non-hydrogen) atoms. The second-order valence-corrected chi connectivity index (χ2v) is 3.56. The van der Waals surface area contributed by atoms with Crippen molar-refractivity contribution in [1.82, 2.24) is 0 Å². The van der Waals surface area contributed by atoms with E-state index < -0.39 is 24.9 Å². The van der Waals surface area contributed by atoms with Crippen LogP contribution in [-0.4, -0.2) is 12.1 Å². The van der Waals surface area contributed by atoms with Crippen LogP contribution in [0.1, 0.15) is 18.4 Å². The minimum atomic E-state index is -4.30. The number of alkyl halides is 3. The van der Waals surface area contributed by atoms with Crippen LogP contribution >= 0.6 is 0 Å². The van der Waals surface area contributed by atoms with Gasteiger partial charge in [0, 0.05) is 18.7 Å². The Kier molecular flexibility index (Phi) is 4.51. The van der Waals surface area contributed by atoms with Crippen LogP contribution in [0.15, 0.2) is 24.3 Å². The van der Waals surface area contributed by atoms with E-state index in [4.69, 9.17) is 5.73 Å². The highest BCUT2D eigenvalue weighted by Gasteiger charge is 2.27. The van der Waals surface area contributed by atoms with Gasteiger partial charge < -0.3 is 11.1 Å². The van der Waals surface area contributed by atoms with Crippen LogP contribution in [0.3, 0.4) is 0 Å². The summed E-state index contributed by atoms with van der Waals surface area (Å²) >= 11 is 0. The zero-order valence-electron chi connectivity index (χ0n) is 9.05. The first-order chi connectivity index (χ1) is 7.90. The average molecular weight is 246 g/mol. The quantitative estimate of drug-likeness (QED) is 0.857. The van der Waals surface area contributed by atoms with Gasteiger partial charge in [0.2, 0.25) is 5.91 Å². The van der Waals surface area contributed by atoms with Crippen molar-refractivity contribution in [3.63, 3.8) is 0 Å². The molecule has 0 spiro atoms. The molecule has 0 saturated carbocycles. The van der Waals surface area contributed by atoms with Crippen molar-refractivity contribution in [3.8, 4) is 0 Å². The Bertz CT molecular complexity index is 373. The number of nitrogens with one attached hydrogen (secondary N) is 1. The van der Waals surface area contributed by atoms with Crippen LogP contribution in [0.25, 0.3) is 0 Å². The SMILES string of the molecule is NCc1ccc(NC(=O)CCC(F)(F)F)cc1. The number of hydrogen-bond acceptors (Lipinski definition) is 2. The monoisotopic (exact) mass is 246 g/mol. The molecule has 0 heterocycles. The molecule has 0 radical (unpaired) electrons. The van der Waals surface area contributed by atoms with Gasteiger partial charge in [-0.2, -0.15) is 13.2 Å². The lowest BCUT2D eigenvalue weighted by Crippen LogP contribution is -2.16. The number of benzene rings is 1. The largest absolute Gasteiger partial charge is 0.389 e. The maximum atomic E-state index is 11.9. The van der Waals surface area contributed by atoms with Gasteiger partial charge in [-0.3, -0.25) is 4.79 Å². The molecule has 0 bridgehead atoms. The minimum Gasteiger partial charge on any atom is -0.326 e. The van der Waals surface area contributed by atoms with E-state index in [-0.39, 0.29) is 0 Å². The molecule has 6 heteroatoms. The van der Waals surface area contributed by atoms with E-state index in [0.29, 0.717) is 12.2 Å². The lowest BCUT2D eigenvalue weighted by Gasteiger charge is -2.07. The fourth-order valence-electron chi connectivity index (χ4n) is 1.20. The number of hydrogen-bond donors (Lipinski definition) is 2. The summed E-state index contributed by atoms with van der Waals surface area (Å²) < 4.78 is 35.6. The Hall–Kier alpha value is -1.56. The first-order valence-corrected chi connectivity index (χ1v) is 5.06. The second kappa shape index (κ2) is 5.67. The van der Waals surface area contributed by atoms with Crippen LogP contribution < -0.4 is 11.1 Å². The van der Waals surface area contributed by atoms with Gasteiger partial charge in [0.15, 0.2) is 0 Å². The zero-order chi connectivity index (χ0) is 12.9. The minimum absolute atomic E-state index is 0.377. The molecule has 0 aromatic heterocycles. The van der Waals surface area contributed by atoms with Crippen molar-refractivity contribution in [2.24, 2.45) is 5.73 Å². The lowest BCUT2D eigenvalue weighted by molar-refractivity contribution is -0.142. The van der Waals surface area contributed by atoms with Gasteiger partial charge in [-0.15, -0.1) is 0 Å². The molecule has 1 amide bonds. The highest BCUT2D eigenvalue weighted by Crippen LogP contribution is 2.21. The number of carbonyl (C=O) groups is 1. The fourth-order valence-corrected chi connectivity index (χ4v) is 1.20. The Labute approximate surface area is 96.8 Å². The number of carbonyl (C=O) groups excluding carboxylic acids is 1. The standard InChI is InChI=1S/C11H13F3N2O/c12-11(13,14)6-5-10(17)16-9-3-1-8(7-15)2-4-9/h1-4H,5-7,15H2,(H,16,17). The number of anilines is 1. The number of amides is 1. The lowest BCUT2D eigenvalue weighted by atomic mass is 10.2. The number of nitrogens with two attached hydrogens (primary N) is 1. The molecule has 0 aliphatic carbocycles. The zero-order valence-corrected chi connectivity index (χ0v) is 9.05. The maximum Gasteiger partial charge on any atom is 0.389 e. The first-order valence-electron chi connectivity index (χ1n) is 5.06. The highest BCUT2D eigenvalue weighted by molar-refractivity contribution is 5.90. The van der Waals surface area contributed by atoms with E-state index in [1.165, 1.54) is 0 Å². The molecule has 0 saturated heterocycles. The fraction of sp³-hybridized carbons (Fsp3) is 0.364. The first kappa shape index (κ1) is 13.5. The van der Waals surface area contributed by atoms with Crippen LogP contribution in [0.5, 0.6) is 0 Å². The number of halogens is 3. The average Bonchev–Trinajstić information content (AvgIpc) is 2.27. The summed E-state index contributed by atoms with van der Waals surface area (Å²) in [6.45, 7) is 0.377. The summed E-state index contributed by atoms with van der Waals surface area (Å²) in [7, 11) is 0. The predicted octanol–water partition coefficient (Wildman–Crippen LogP) is 2.43. The van der Waals surface area contributed by atoms with Gasteiger partial charge in [-0.05, 0) is 17.7 Å². The normalized spacial score (nSPS) is 11.3. The summed E-state index contributed by atoms with van der Waals surface area (Å²) in [6.07, 6.45) is -5.98. The topological polar surface area (TPSA) is 55.1 Å². The Morgan fingerprint density at radius 3 is 2.29 bits per heavy atom. The molecule has 94 valence electrons. The van der Waals surface area contributed by atoms with Crippen molar-refractivity contribution < 1.29 is 18.0 Å². The summed E-state index contributed by atoms with van der Waals surface area (Å²) in [5.74, 6) is -0.650. The Morgan fingerprint density at radius 1 is 1.24 bits per heavy atom. The summed E-state index contributed by atoms with van der Waals surface area (Å²) in [5.41, 5.74) is 6.74. The third kappa shape index (κ3) is 5.35. The molecule has 0 aliphatic rings. The van der Waals surface area contributed by atoms with Crippen molar-refractivity contribution in [1.29, 1.82) is 0 Å². The Morgan fingerprint density at radius 2 is 1.82 bits per heavy atom. The smallest absolute Gasteiger partial charge is 0.326 e. The van der Waals surface area contributed by atoms with Crippen LogP contribution in [-0.2, 0) is 11.3 Å². The predicted molar refractivity (Wildman–Crippen MR) is 58.3 cm³/mol. The van der Waals surface area contributed by atoms with Crippen molar-refractivity contribution in [2.45, 2.75) is 25.6 Å². The van der Waals surface area contributed by atoms with Crippen molar-refractivity contribution in [3.05, 3.63) is 29.8 Å². The van der Waals surface area contributed by atoms with Gasteiger partial charge in [0.1, 0.15) is 0 Å². The molecule has 1 aromatic carbocycles. The van der Waals surface area contributed by atoms with Gasteiger partial charge in [-0.1, -0.05) is 12.1 Å². The maximum absolute atomic E-state index is 11.9. The van der Waals surface area contributed by atoms with E-state index in [1.807, 2.05) is 0 Å². The Balaban J connectivity index is 2.45. The van der Waals surface area contributed by atoms with Crippen molar-refractivity contribution in [2.75, 3.05) is 5.32 Å². The summed E-state index contributed by atoms with van der Waals surface area (Å²) in [5, 5.41) is 2.39. The van der Waals surface area contributed by atoms with E-state index in [0.717, 1.165) is 5.56 Å². The van der Waals surface area contributed by atoms with Crippen LogP contribution in [0.2, 0.25) is 0 Å². The molecule has 0 atom stereocenters. The summed E-state index contributed by atoms with van der Waals surface area (Å²) in [6, 6.07) is 6.63. The molecule has 3 nitrogen and oxygen atoms in total. The van der Waals surface area contributed by atoms with Crippen LogP contribution in [0.4, 0.5) is 18.9 Å². The molecule has 3 N–H and O–H groups in total. The van der Waals surface area contributed by atoms with E-state index in [9.17, 15) is 18.0 Å². The third-order valence-electron chi connectivity index (χ3n) is 2.11.